The minimum absolute atomic E-state index is 0.765. The van der Waals surface area contributed by atoms with Gasteiger partial charge >= 0.3 is 0 Å². The smallest absolute Gasteiger partial charge is 0.161 e. The van der Waals surface area contributed by atoms with Gasteiger partial charge in [-0.1, -0.05) is 18.9 Å². The fourth-order valence-electron chi connectivity index (χ4n) is 2.76. The summed E-state index contributed by atoms with van der Waals surface area (Å²) in [6, 6.07) is 7.26. The molecule has 1 N–H and O–H groups in total. The zero-order valence-electron chi connectivity index (χ0n) is 12.9. The average Bonchev–Trinajstić information content (AvgIpc) is 3.32. The van der Waals surface area contributed by atoms with E-state index in [0.717, 1.165) is 43.6 Å². The van der Waals surface area contributed by atoms with E-state index in [0.29, 0.717) is 0 Å². The third-order valence-electron chi connectivity index (χ3n) is 4.21. The van der Waals surface area contributed by atoms with Gasteiger partial charge in [0, 0.05) is 12.5 Å². The number of nitrogens with one attached hydrogen (secondary N) is 1. The standard InChI is InChI=1S/C18H27NO2/c1(2-4-11-19-16-8-9-16)3-6-15-7-10-17-18(14-15)21-13-5-12-20-17/h7,10,14,16,19H,1-6,8-9,11-13H2. The maximum atomic E-state index is 5.74. The van der Waals surface area contributed by atoms with Crippen molar-refractivity contribution in [1.82, 2.24) is 5.32 Å². The van der Waals surface area contributed by atoms with E-state index in [2.05, 4.69) is 23.5 Å². The molecule has 1 aromatic rings. The van der Waals surface area contributed by atoms with Crippen molar-refractivity contribution in [2.45, 2.75) is 57.4 Å². The van der Waals surface area contributed by atoms with Crippen molar-refractivity contribution >= 4 is 0 Å². The van der Waals surface area contributed by atoms with Crippen LogP contribution >= 0.6 is 0 Å². The summed E-state index contributed by atoms with van der Waals surface area (Å²) < 4.78 is 11.4. The van der Waals surface area contributed by atoms with E-state index in [1.165, 1.54) is 50.6 Å². The summed E-state index contributed by atoms with van der Waals surface area (Å²) in [5.74, 6) is 1.83. The number of fused-ring (bicyclic) bond motifs is 1. The molecule has 1 aromatic carbocycles. The van der Waals surface area contributed by atoms with Crippen LogP contribution in [-0.4, -0.2) is 25.8 Å². The van der Waals surface area contributed by atoms with Crippen molar-refractivity contribution in [2.75, 3.05) is 19.8 Å². The van der Waals surface area contributed by atoms with Gasteiger partial charge in [0.05, 0.1) is 13.2 Å². The minimum Gasteiger partial charge on any atom is -0.490 e. The summed E-state index contributed by atoms with van der Waals surface area (Å²) in [6.45, 7) is 2.74. The highest BCUT2D eigenvalue weighted by Crippen LogP contribution is 2.30. The van der Waals surface area contributed by atoms with Crippen LogP contribution in [0.4, 0.5) is 0 Å². The lowest BCUT2D eigenvalue weighted by Crippen LogP contribution is -2.17. The molecule has 0 radical (unpaired) electrons. The summed E-state index contributed by atoms with van der Waals surface area (Å²) in [5.41, 5.74) is 1.37. The second-order valence-electron chi connectivity index (χ2n) is 6.22. The lowest BCUT2D eigenvalue weighted by atomic mass is 10.1. The predicted octanol–water partition coefficient (Wildman–Crippen LogP) is 3.70. The van der Waals surface area contributed by atoms with Gasteiger partial charge < -0.3 is 14.8 Å². The van der Waals surface area contributed by atoms with Crippen LogP contribution in [0.5, 0.6) is 11.5 Å². The van der Waals surface area contributed by atoms with E-state index in [4.69, 9.17) is 9.47 Å². The summed E-state index contributed by atoms with van der Waals surface area (Å²) in [4.78, 5) is 0. The normalized spacial score (nSPS) is 17.5. The van der Waals surface area contributed by atoms with E-state index >= 15 is 0 Å². The fraction of sp³-hybridized carbons (Fsp3) is 0.667. The van der Waals surface area contributed by atoms with Gasteiger partial charge in [-0.2, -0.15) is 0 Å². The number of benzene rings is 1. The molecule has 21 heavy (non-hydrogen) atoms. The van der Waals surface area contributed by atoms with Gasteiger partial charge in [-0.25, -0.2) is 0 Å². The molecule has 116 valence electrons. The molecule has 3 rings (SSSR count). The lowest BCUT2D eigenvalue weighted by molar-refractivity contribution is 0.297. The highest BCUT2D eigenvalue weighted by Gasteiger charge is 2.19. The van der Waals surface area contributed by atoms with Crippen LogP contribution in [0, 0.1) is 0 Å². The van der Waals surface area contributed by atoms with Gasteiger partial charge in [-0.15, -0.1) is 0 Å². The van der Waals surface area contributed by atoms with Gasteiger partial charge in [0.2, 0.25) is 0 Å². The van der Waals surface area contributed by atoms with Crippen molar-refractivity contribution in [1.29, 1.82) is 0 Å². The number of aryl methyl sites for hydroxylation is 1. The van der Waals surface area contributed by atoms with Gasteiger partial charge in [0.25, 0.3) is 0 Å². The average molecular weight is 289 g/mol. The zero-order valence-corrected chi connectivity index (χ0v) is 12.9. The first-order chi connectivity index (χ1) is 10.4. The summed E-state index contributed by atoms with van der Waals surface area (Å²) >= 11 is 0. The Labute approximate surface area is 128 Å². The van der Waals surface area contributed by atoms with Crippen LogP contribution in [0.2, 0.25) is 0 Å². The second kappa shape index (κ2) is 7.69. The molecule has 1 aliphatic heterocycles. The number of ether oxygens (including phenoxy) is 2. The first kappa shape index (κ1) is 14.7. The van der Waals surface area contributed by atoms with Gasteiger partial charge in [-0.05, 0) is 56.3 Å². The minimum atomic E-state index is 0.765. The number of rotatable bonds is 8. The van der Waals surface area contributed by atoms with E-state index in [1.807, 2.05) is 0 Å². The topological polar surface area (TPSA) is 30.5 Å². The van der Waals surface area contributed by atoms with E-state index in [1.54, 1.807) is 0 Å². The van der Waals surface area contributed by atoms with E-state index in [-0.39, 0.29) is 0 Å². The van der Waals surface area contributed by atoms with Gasteiger partial charge in [-0.3, -0.25) is 0 Å². The molecular weight excluding hydrogens is 262 g/mol. The van der Waals surface area contributed by atoms with E-state index < -0.39 is 0 Å². The summed E-state index contributed by atoms with van der Waals surface area (Å²) in [7, 11) is 0. The Morgan fingerprint density at radius 1 is 0.952 bits per heavy atom. The largest absolute Gasteiger partial charge is 0.490 e. The summed E-state index contributed by atoms with van der Waals surface area (Å²) in [6.07, 6.45) is 10.1. The molecule has 0 atom stereocenters. The highest BCUT2D eigenvalue weighted by atomic mass is 16.5. The molecule has 0 bridgehead atoms. The monoisotopic (exact) mass is 289 g/mol. The van der Waals surface area contributed by atoms with Crippen LogP contribution in [0.25, 0.3) is 0 Å². The molecule has 0 amide bonds. The molecule has 3 heteroatoms. The van der Waals surface area contributed by atoms with Gasteiger partial charge in [0.1, 0.15) is 0 Å². The van der Waals surface area contributed by atoms with Crippen molar-refractivity contribution in [3.63, 3.8) is 0 Å². The maximum Gasteiger partial charge on any atom is 0.161 e. The SMILES string of the molecule is c1cc2c(cc1CCCCCCNC1CC1)OCCCO2. The highest BCUT2D eigenvalue weighted by molar-refractivity contribution is 5.43. The molecule has 1 fully saturated rings. The molecule has 2 aliphatic rings. The molecule has 1 aliphatic carbocycles. The molecule has 1 saturated carbocycles. The number of hydrogen-bond acceptors (Lipinski definition) is 3. The first-order valence-corrected chi connectivity index (χ1v) is 8.54. The van der Waals surface area contributed by atoms with Crippen LogP contribution in [0.1, 0.15) is 50.5 Å². The number of hydrogen-bond donors (Lipinski definition) is 1. The third-order valence-corrected chi connectivity index (χ3v) is 4.21. The Morgan fingerprint density at radius 3 is 2.62 bits per heavy atom. The first-order valence-electron chi connectivity index (χ1n) is 8.54. The Bertz CT molecular complexity index is 443. The Hall–Kier alpha value is -1.22. The third kappa shape index (κ3) is 4.92. The van der Waals surface area contributed by atoms with Crippen molar-refractivity contribution in [3.8, 4) is 11.5 Å². The molecule has 0 saturated heterocycles. The Balaban J connectivity index is 1.33. The summed E-state index contributed by atoms with van der Waals surface area (Å²) in [5, 5.41) is 3.57. The quantitative estimate of drug-likeness (QED) is 0.740. The number of unbranched alkanes of at least 4 members (excludes halogenated alkanes) is 3. The van der Waals surface area contributed by atoms with Crippen LogP contribution in [-0.2, 0) is 6.42 Å². The lowest BCUT2D eigenvalue weighted by Gasteiger charge is -2.09. The van der Waals surface area contributed by atoms with Crippen molar-refractivity contribution < 1.29 is 9.47 Å². The maximum absolute atomic E-state index is 5.74. The Morgan fingerprint density at radius 2 is 1.76 bits per heavy atom. The predicted molar refractivity (Wildman–Crippen MR) is 85.2 cm³/mol. The van der Waals surface area contributed by atoms with Crippen molar-refractivity contribution in [3.05, 3.63) is 23.8 Å². The Kier molecular flexibility index (Phi) is 5.39. The van der Waals surface area contributed by atoms with Crippen molar-refractivity contribution in [2.24, 2.45) is 0 Å². The molecule has 0 spiro atoms. The molecule has 0 unspecified atom stereocenters. The van der Waals surface area contributed by atoms with Crippen LogP contribution < -0.4 is 14.8 Å². The second-order valence-corrected chi connectivity index (χ2v) is 6.22. The molecule has 0 aromatic heterocycles. The van der Waals surface area contributed by atoms with Gasteiger partial charge in [0.15, 0.2) is 11.5 Å². The molecular formula is C18H27NO2. The molecule has 3 nitrogen and oxygen atoms in total. The van der Waals surface area contributed by atoms with Crippen LogP contribution in [0.3, 0.4) is 0 Å². The zero-order chi connectivity index (χ0) is 14.3. The molecule has 1 heterocycles. The van der Waals surface area contributed by atoms with E-state index in [9.17, 15) is 0 Å². The van der Waals surface area contributed by atoms with Crippen LogP contribution in [0.15, 0.2) is 18.2 Å². The fourth-order valence-corrected chi connectivity index (χ4v) is 2.76.